The summed E-state index contributed by atoms with van der Waals surface area (Å²) in [6.07, 6.45) is 3.67. The minimum absolute atomic E-state index is 0.108. The molecule has 116 valence electrons. The van der Waals surface area contributed by atoms with Crippen LogP contribution in [0.4, 0.5) is 0 Å². The number of sulfonamides is 1. The molecular weight excluding hydrogens is 290 g/mol. The second-order valence-corrected chi connectivity index (χ2v) is 8.63. The van der Waals surface area contributed by atoms with Crippen molar-refractivity contribution in [3.8, 4) is 0 Å². The highest BCUT2D eigenvalue weighted by molar-refractivity contribution is 7.89. The first-order valence-electron chi connectivity index (χ1n) is 7.30. The fourth-order valence-electron chi connectivity index (χ4n) is 4.08. The Kier molecular flexibility index (Phi) is 3.29. The van der Waals surface area contributed by atoms with Crippen molar-refractivity contribution in [2.24, 2.45) is 16.7 Å². The third-order valence-electron chi connectivity index (χ3n) is 5.62. The number of ketones is 1. The van der Waals surface area contributed by atoms with Crippen LogP contribution in [-0.4, -0.2) is 20.0 Å². The first kappa shape index (κ1) is 14.8. The fraction of sp³-hybridized carbons (Fsp3) is 0.667. The highest BCUT2D eigenvalue weighted by Gasteiger charge is 2.65. The van der Waals surface area contributed by atoms with Gasteiger partial charge < -0.3 is 4.42 Å². The molecule has 3 rings (SSSR count). The highest BCUT2D eigenvalue weighted by Crippen LogP contribution is 2.64. The van der Waals surface area contributed by atoms with E-state index in [2.05, 4.69) is 4.72 Å². The molecule has 2 aliphatic carbocycles. The van der Waals surface area contributed by atoms with Crippen LogP contribution in [0.25, 0.3) is 0 Å². The summed E-state index contributed by atoms with van der Waals surface area (Å²) in [7, 11) is -3.52. The third-order valence-corrected chi connectivity index (χ3v) is 7.08. The Hall–Kier alpha value is -1.14. The zero-order valence-corrected chi connectivity index (χ0v) is 13.2. The first-order chi connectivity index (χ1) is 9.77. The maximum atomic E-state index is 12.4. The molecular formula is C15H21NO4S. The minimum Gasteiger partial charge on any atom is -0.468 e. The van der Waals surface area contributed by atoms with Crippen LogP contribution >= 0.6 is 0 Å². The Morgan fingerprint density at radius 2 is 2.19 bits per heavy atom. The Morgan fingerprint density at radius 1 is 1.43 bits per heavy atom. The van der Waals surface area contributed by atoms with Crippen LogP contribution in [0.3, 0.4) is 0 Å². The number of fused-ring (bicyclic) bond motifs is 2. The van der Waals surface area contributed by atoms with Crippen LogP contribution in [0.1, 0.15) is 38.9 Å². The quantitative estimate of drug-likeness (QED) is 0.903. The van der Waals surface area contributed by atoms with E-state index in [0.717, 1.165) is 6.42 Å². The van der Waals surface area contributed by atoms with Gasteiger partial charge in [0, 0.05) is 11.8 Å². The summed E-state index contributed by atoms with van der Waals surface area (Å²) in [4.78, 5) is 12.4. The lowest BCUT2D eigenvalue weighted by Crippen LogP contribution is -2.45. The largest absolute Gasteiger partial charge is 0.468 e. The third kappa shape index (κ3) is 2.25. The topological polar surface area (TPSA) is 76.4 Å². The summed E-state index contributed by atoms with van der Waals surface area (Å²) >= 11 is 0. The number of hydrogen-bond donors (Lipinski definition) is 1. The molecule has 0 amide bonds. The van der Waals surface area contributed by atoms with Crippen LogP contribution in [0.15, 0.2) is 22.8 Å². The molecule has 2 saturated carbocycles. The summed E-state index contributed by atoms with van der Waals surface area (Å²) in [5.41, 5.74) is -0.948. The summed E-state index contributed by atoms with van der Waals surface area (Å²) in [6.45, 7) is 4.21. The van der Waals surface area contributed by atoms with Crippen molar-refractivity contribution in [1.29, 1.82) is 0 Å². The Balaban J connectivity index is 1.77. The van der Waals surface area contributed by atoms with E-state index < -0.39 is 15.4 Å². The average Bonchev–Trinajstić information content (AvgIpc) is 3.02. The van der Waals surface area contributed by atoms with E-state index in [4.69, 9.17) is 4.42 Å². The zero-order valence-electron chi connectivity index (χ0n) is 12.4. The van der Waals surface area contributed by atoms with Gasteiger partial charge in [-0.25, -0.2) is 13.1 Å². The summed E-state index contributed by atoms with van der Waals surface area (Å²) in [6, 6.07) is 3.44. The van der Waals surface area contributed by atoms with E-state index in [1.165, 1.54) is 6.26 Å². The van der Waals surface area contributed by atoms with E-state index in [1.807, 2.05) is 13.8 Å². The van der Waals surface area contributed by atoms with Gasteiger partial charge in [0.15, 0.2) is 0 Å². The van der Waals surface area contributed by atoms with Crippen molar-refractivity contribution in [1.82, 2.24) is 4.72 Å². The molecule has 1 aromatic rings. The monoisotopic (exact) mass is 311 g/mol. The van der Waals surface area contributed by atoms with E-state index in [9.17, 15) is 13.2 Å². The number of furan rings is 1. The number of hydrogen-bond acceptors (Lipinski definition) is 4. The lowest BCUT2D eigenvalue weighted by Gasteiger charge is -2.36. The van der Waals surface area contributed by atoms with Gasteiger partial charge in [-0.3, -0.25) is 4.79 Å². The predicted octanol–water partition coefficient (Wildman–Crippen LogP) is 2.09. The molecule has 2 fully saturated rings. The van der Waals surface area contributed by atoms with Gasteiger partial charge in [0.2, 0.25) is 10.0 Å². The first-order valence-corrected chi connectivity index (χ1v) is 8.95. The minimum atomic E-state index is -3.52. The van der Waals surface area contributed by atoms with E-state index in [-0.39, 0.29) is 23.5 Å². The standard InChI is InChI=1S/C15H21NO4S/c1-14(2)11-5-6-15(14,13(17)8-11)10-21(18,19)16-9-12-4-3-7-20-12/h3-4,7,11,16H,5-6,8-10H2,1-2H3. The van der Waals surface area contributed by atoms with Crippen LogP contribution in [0.5, 0.6) is 0 Å². The molecule has 2 atom stereocenters. The van der Waals surface area contributed by atoms with Gasteiger partial charge in [-0.15, -0.1) is 0 Å². The molecule has 21 heavy (non-hydrogen) atoms. The Labute approximate surface area is 125 Å². The lowest BCUT2D eigenvalue weighted by atomic mass is 9.70. The maximum absolute atomic E-state index is 12.4. The molecule has 5 nitrogen and oxygen atoms in total. The number of carbonyl (C=O) groups excluding carboxylic acids is 1. The van der Waals surface area contributed by atoms with Crippen molar-refractivity contribution in [3.05, 3.63) is 24.2 Å². The van der Waals surface area contributed by atoms with Crippen molar-refractivity contribution in [2.75, 3.05) is 5.75 Å². The smallest absolute Gasteiger partial charge is 0.213 e. The van der Waals surface area contributed by atoms with Crippen molar-refractivity contribution < 1.29 is 17.6 Å². The van der Waals surface area contributed by atoms with Gasteiger partial charge in [-0.2, -0.15) is 0 Å². The fourth-order valence-corrected chi connectivity index (χ4v) is 5.87. The van der Waals surface area contributed by atoms with Crippen LogP contribution in [0.2, 0.25) is 0 Å². The Bertz CT molecular complexity index is 647. The summed E-state index contributed by atoms with van der Waals surface area (Å²) in [5, 5.41) is 0. The average molecular weight is 311 g/mol. The molecule has 6 heteroatoms. The van der Waals surface area contributed by atoms with Crippen LogP contribution in [-0.2, 0) is 21.4 Å². The van der Waals surface area contributed by atoms with E-state index in [1.54, 1.807) is 12.1 Å². The lowest BCUT2D eigenvalue weighted by molar-refractivity contribution is -0.128. The number of carbonyl (C=O) groups is 1. The van der Waals surface area contributed by atoms with Gasteiger partial charge >= 0.3 is 0 Å². The van der Waals surface area contributed by atoms with E-state index >= 15 is 0 Å². The van der Waals surface area contributed by atoms with Gasteiger partial charge in [0.05, 0.1) is 18.6 Å². The Morgan fingerprint density at radius 3 is 2.71 bits per heavy atom. The molecule has 0 aromatic carbocycles. The molecule has 0 aliphatic heterocycles. The van der Waals surface area contributed by atoms with Crippen molar-refractivity contribution in [3.63, 3.8) is 0 Å². The molecule has 2 aliphatic rings. The predicted molar refractivity (Wildman–Crippen MR) is 77.9 cm³/mol. The number of rotatable bonds is 5. The summed E-state index contributed by atoms with van der Waals surface area (Å²) in [5.74, 6) is 0.901. The van der Waals surface area contributed by atoms with Crippen molar-refractivity contribution >= 4 is 15.8 Å². The maximum Gasteiger partial charge on any atom is 0.213 e. The van der Waals surface area contributed by atoms with E-state index in [0.29, 0.717) is 24.5 Å². The summed E-state index contributed by atoms with van der Waals surface area (Å²) < 4.78 is 32.5. The van der Waals surface area contributed by atoms with Crippen LogP contribution < -0.4 is 4.72 Å². The van der Waals surface area contributed by atoms with Crippen molar-refractivity contribution in [2.45, 2.75) is 39.7 Å². The molecule has 0 spiro atoms. The van der Waals surface area contributed by atoms with Gasteiger partial charge in [0.1, 0.15) is 11.5 Å². The molecule has 0 radical (unpaired) electrons. The molecule has 2 unspecified atom stereocenters. The molecule has 0 saturated heterocycles. The number of Topliss-reactive ketones (excluding diaryl/α,β-unsaturated/α-hetero) is 1. The van der Waals surface area contributed by atoms with Gasteiger partial charge in [0.25, 0.3) is 0 Å². The highest BCUT2D eigenvalue weighted by atomic mass is 32.2. The van der Waals surface area contributed by atoms with Gasteiger partial charge in [-0.1, -0.05) is 13.8 Å². The molecule has 1 aromatic heterocycles. The molecule has 1 heterocycles. The second kappa shape index (κ2) is 4.68. The normalized spacial score (nSPS) is 31.0. The second-order valence-electron chi connectivity index (χ2n) is 6.83. The van der Waals surface area contributed by atoms with Crippen LogP contribution in [0, 0.1) is 16.7 Å². The molecule has 2 bridgehead atoms. The molecule has 1 N–H and O–H groups in total. The zero-order chi connectivity index (χ0) is 15.3. The number of nitrogens with one attached hydrogen (secondary N) is 1. The van der Waals surface area contributed by atoms with Gasteiger partial charge in [-0.05, 0) is 36.3 Å². The SMILES string of the molecule is CC1(C)C2CCC1(CS(=O)(=O)NCc1ccco1)C(=O)C2.